The maximum Gasteiger partial charge on any atom is 0.252 e. The molecule has 6 nitrogen and oxygen atoms in total. The highest BCUT2D eigenvalue weighted by Gasteiger charge is 2.15. The largest absolute Gasteiger partial charge is 0.497 e. The minimum atomic E-state index is -0.252. The van der Waals surface area contributed by atoms with E-state index in [1.54, 1.807) is 19.2 Å². The summed E-state index contributed by atoms with van der Waals surface area (Å²) >= 11 is 1.41. The number of aromatic nitrogens is 1. The average molecular weight is 380 g/mol. The van der Waals surface area contributed by atoms with E-state index in [4.69, 9.17) is 20.6 Å². The first kappa shape index (κ1) is 17.2. The maximum atomic E-state index is 12.5. The van der Waals surface area contributed by atoms with Crippen molar-refractivity contribution in [2.24, 2.45) is 4.99 Å². The third-order valence-electron chi connectivity index (χ3n) is 4.15. The molecule has 1 aromatic heterocycles. The van der Waals surface area contributed by atoms with Gasteiger partial charge in [-0.05, 0) is 35.9 Å². The van der Waals surface area contributed by atoms with Crippen LogP contribution in [0.5, 0.6) is 17.2 Å². The van der Waals surface area contributed by atoms with Crippen molar-refractivity contribution >= 4 is 27.5 Å². The first-order valence-electron chi connectivity index (χ1n) is 8.25. The Hall–Kier alpha value is -3.24. The molecular weight excluding hydrogens is 364 g/mol. The number of amides is 1. The third kappa shape index (κ3) is 3.39. The second-order valence-corrected chi connectivity index (χ2v) is 6.89. The van der Waals surface area contributed by atoms with Gasteiger partial charge < -0.3 is 18.8 Å². The lowest BCUT2D eigenvalue weighted by Crippen LogP contribution is -2.17. The smallest absolute Gasteiger partial charge is 0.252 e. The van der Waals surface area contributed by atoms with Crippen molar-refractivity contribution in [1.29, 1.82) is 0 Å². The Morgan fingerprint density at radius 2 is 2.15 bits per heavy atom. The van der Waals surface area contributed by atoms with Crippen LogP contribution in [-0.4, -0.2) is 24.4 Å². The van der Waals surface area contributed by atoms with Gasteiger partial charge in [-0.2, -0.15) is 4.99 Å². The van der Waals surface area contributed by atoms with Gasteiger partial charge in [0.2, 0.25) is 6.79 Å². The van der Waals surface area contributed by atoms with Crippen LogP contribution in [-0.2, 0) is 17.8 Å². The van der Waals surface area contributed by atoms with E-state index in [0.717, 1.165) is 21.5 Å². The van der Waals surface area contributed by atoms with Gasteiger partial charge in [0.25, 0.3) is 5.91 Å². The SMILES string of the molecule is C#CCn1c(=NC(=O)Cc2ccc3c(c2)OCO3)sc2cc(OC)ccc21. The number of terminal acetylenes is 1. The zero-order chi connectivity index (χ0) is 18.8. The first-order chi connectivity index (χ1) is 13.2. The summed E-state index contributed by atoms with van der Waals surface area (Å²) < 4.78 is 18.7. The lowest BCUT2D eigenvalue weighted by Gasteiger charge is -2.02. The van der Waals surface area contributed by atoms with Gasteiger partial charge in [-0.25, -0.2) is 0 Å². The lowest BCUT2D eigenvalue weighted by atomic mass is 10.1. The fourth-order valence-electron chi connectivity index (χ4n) is 2.88. The van der Waals surface area contributed by atoms with Crippen molar-refractivity contribution in [3.63, 3.8) is 0 Å². The Morgan fingerprint density at radius 3 is 2.96 bits per heavy atom. The fourth-order valence-corrected chi connectivity index (χ4v) is 3.96. The maximum absolute atomic E-state index is 12.5. The summed E-state index contributed by atoms with van der Waals surface area (Å²) in [5.74, 6) is 4.45. The molecule has 1 aliphatic rings. The molecule has 0 unspecified atom stereocenters. The average Bonchev–Trinajstić information content (AvgIpc) is 3.26. The number of fused-ring (bicyclic) bond motifs is 2. The molecule has 0 radical (unpaired) electrons. The third-order valence-corrected chi connectivity index (χ3v) is 5.19. The molecule has 0 bridgehead atoms. The van der Waals surface area contributed by atoms with Gasteiger partial charge in [-0.3, -0.25) is 4.79 Å². The van der Waals surface area contributed by atoms with Gasteiger partial charge in [0, 0.05) is 0 Å². The molecular formula is C20H16N2O4S. The van der Waals surface area contributed by atoms with Crippen LogP contribution in [0.25, 0.3) is 10.2 Å². The number of nitrogens with zero attached hydrogens (tertiary/aromatic N) is 2. The molecule has 7 heteroatoms. The number of rotatable bonds is 4. The van der Waals surface area contributed by atoms with Gasteiger partial charge in [-0.15, -0.1) is 6.42 Å². The molecule has 0 fully saturated rings. The Morgan fingerprint density at radius 1 is 1.30 bits per heavy atom. The summed E-state index contributed by atoms with van der Waals surface area (Å²) in [4.78, 5) is 17.4. The van der Waals surface area contributed by atoms with Crippen LogP contribution < -0.4 is 19.0 Å². The molecule has 136 valence electrons. The van der Waals surface area contributed by atoms with Crippen molar-refractivity contribution in [1.82, 2.24) is 4.57 Å². The molecule has 1 amide bonds. The van der Waals surface area contributed by atoms with E-state index in [0.29, 0.717) is 22.8 Å². The molecule has 0 atom stereocenters. The second kappa shape index (κ2) is 7.17. The van der Waals surface area contributed by atoms with E-state index in [1.807, 2.05) is 28.8 Å². The van der Waals surface area contributed by atoms with Crippen LogP contribution in [0, 0.1) is 12.3 Å². The molecule has 0 saturated carbocycles. The van der Waals surface area contributed by atoms with Crippen LogP contribution in [0.15, 0.2) is 41.4 Å². The van der Waals surface area contributed by atoms with Gasteiger partial charge in [0.05, 0.1) is 30.3 Å². The Bertz CT molecular complexity index is 1140. The first-order valence-corrected chi connectivity index (χ1v) is 9.06. The van der Waals surface area contributed by atoms with Gasteiger partial charge in [-0.1, -0.05) is 23.3 Å². The number of carbonyl (C=O) groups is 1. The van der Waals surface area contributed by atoms with Crippen LogP contribution in [0.4, 0.5) is 0 Å². The zero-order valence-corrected chi connectivity index (χ0v) is 15.4. The van der Waals surface area contributed by atoms with E-state index < -0.39 is 0 Å². The molecule has 0 saturated heterocycles. The minimum Gasteiger partial charge on any atom is -0.497 e. The number of methoxy groups -OCH3 is 1. The topological polar surface area (TPSA) is 62.1 Å². The normalized spacial score (nSPS) is 13.0. The molecule has 2 aromatic carbocycles. The Kier molecular flexibility index (Phi) is 4.57. The monoisotopic (exact) mass is 380 g/mol. The second-order valence-electron chi connectivity index (χ2n) is 5.88. The molecule has 3 aromatic rings. The van der Waals surface area contributed by atoms with Gasteiger partial charge in [0.1, 0.15) is 5.75 Å². The number of benzene rings is 2. The highest BCUT2D eigenvalue weighted by Crippen LogP contribution is 2.32. The van der Waals surface area contributed by atoms with Crippen LogP contribution in [0.2, 0.25) is 0 Å². The molecule has 2 heterocycles. The predicted molar refractivity (Wildman–Crippen MR) is 102 cm³/mol. The summed E-state index contributed by atoms with van der Waals surface area (Å²) in [6.07, 6.45) is 5.67. The molecule has 0 aliphatic carbocycles. The van der Waals surface area contributed by atoms with E-state index in [9.17, 15) is 4.79 Å². The van der Waals surface area contributed by atoms with E-state index in [-0.39, 0.29) is 19.1 Å². The van der Waals surface area contributed by atoms with E-state index >= 15 is 0 Å². The summed E-state index contributed by atoms with van der Waals surface area (Å²) in [6.45, 7) is 0.539. The van der Waals surface area contributed by atoms with Crippen molar-refractivity contribution < 1.29 is 19.0 Å². The van der Waals surface area contributed by atoms with Crippen LogP contribution in [0.1, 0.15) is 5.56 Å². The molecule has 4 rings (SSSR count). The highest BCUT2D eigenvalue weighted by molar-refractivity contribution is 7.16. The summed E-state index contributed by atoms with van der Waals surface area (Å²) in [6, 6.07) is 11.1. The Balaban J connectivity index is 1.67. The number of thiazole rings is 1. The molecule has 1 aliphatic heterocycles. The molecule has 0 N–H and O–H groups in total. The minimum absolute atomic E-state index is 0.171. The van der Waals surface area contributed by atoms with Crippen molar-refractivity contribution in [3.8, 4) is 29.6 Å². The number of hydrogen-bond donors (Lipinski definition) is 0. The summed E-state index contributed by atoms with van der Waals surface area (Å²) in [5, 5.41) is 0. The number of ether oxygens (including phenoxy) is 3. The van der Waals surface area contributed by atoms with E-state index in [2.05, 4.69) is 10.9 Å². The summed E-state index contributed by atoms with van der Waals surface area (Å²) in [7, 11) is 1.62. The standard InChI is InChI=1S/C20H16N2O4S/c1-3-8-22-15-6-5-14(24-2)11-18(15)27-20(22)21-19(23)10-13-4-7-16-17(9-13)26-12-25-16/h1,4-7,9,11H,8,10,12H2,2H3. The highest BCUT2D eigenvalue weighted by atomic mass is 32.1. The summed E-state index contributed by atoms with van der Waals surface area (Å²) in [5.41, 5.74) is 1.74. The van der Waals surface area contributed by atoms with Gasteiger partial charge in [0.15, 0.2) is 16.3 Å². The lowest BCUT2D eigenvalue weighted by molar-refractivity contribution is -0.117. The Labute approximate surface area is 159 Å². The fraction of sp³-hybridized carbons (Fsp3) is 0.200. The van der Waals surface area contributed by atoms with Gasteiger partial charge >= 0.3 is 0 Å². The van der Waals surface area contributed by atoms with Crippen molar-refractivity contribution in [2.75, 3.05) is 13.9 Å². The number of hydrogen-bond acceptors (Lipinski definition) is 5. The van der Waals surface area contributed by atoms with Crippen LogP contribution >= 0.6 is 11.3 Å². The predicted octanol–water partition coefficient (Wildman–Crippen LogP) is 2.74. The molecule has 0 spiro atoms. The molecule has 27 heavy (non-hydrogen) atoms. The van der Waals surface area contributed by atoms with E-state index in [1.165, 1.54) is 11.3 Å². The number of carbonyl (C=O) groups excluding carboxylic acids is 1. The zero-order valence-electron chi connectivity index (χ0n) is 14.6. The van der Waals surface area contributed by atoms with Crippen molar-refractivity contribution in [2.45, 2.75) is 13.0 Å². The van der Waals surface area contributed by atoms with Crippen molar-refractivity contribution in [3.05, 3.63) is 46.8 Å². The van der Waals surface area contributed by atoms with Crippen LogP contribution in [0.3, 0.4) is 0 Å². The quantitative estimate of drug-likeness (QED) is 0.653.